The van der Waals surface area contributed by atoms with Crippen molar-refractivity contribution in [1.29, 1.82) is 0 Å². The van der Waals surface area contributed by atoms with Gasteiger partial charge in [-0.15, -0.1) is 4.40 Å². The number of amides is 1. The molecule has 158 valence electrons. The second kappa shape index (κ2) is 8.11. The number of carbonyl (C=O) groups excluding carboxylic acids is 1. The average Bonchev–Trinajstić information content (AvgIpc) is 3.05. The second-order valence-corrected chi connectivity index (χ2v) is 8.18. The van der Waals surface area contributed by atoms with Gasteiger partial charge in [0.05, 0.1) is 25.6 Å². The zero-order valence-corrected chi connectivity index (χ0v) is 17.6. The largest absolute Gasteiger partial charge is 0.494 e. The van der Waals surface area contributed by atoms with Gasteiger partial charge in [-0.1, -0.05) is 30.3 Å². The fourth-order valence-corrected chi connectivity index (χ4v) is 4.38. The molecule has 4 rings (SSSR count). The normalized spacial score (nSPS) is 13.7. The van der Waals surface area contributed by atoms with Gasteiger partial charge in [-0.3, -0.25) is 4.79 Å². The third-order valence-electron chi connectivity index (χ3n) is 4.69. The van der Waals surface area contributed by atoms with Crippen LogP contribution in [0.25, 0.3) is 0 Å². The first-order chi connectivity index (χ1) is 14.9. The Balaban J connectivity index is 1.68. The third-order valence-corrected chi connectivity index (χ3v) is 6.03. The van der Waals surface area contributed by atoms with Crippen LogP contribution in [-0.4, -0.2) is 34.4 Å². The van der Waals surface area contributed by atoms with E-state index in [1.165, 1.54) is 20.3 Å². The molecule has 1 aliphatic heterocycles. The summed E-state index contributed by atoms with van der Waals surface area (Å²) in [5.74, 6) is 0.606. The smallest absolute Gasteiger partial charge is 0.285 e. The van der Waals surface area contributed by atoms with Gasteiger partial charge in [0, 0.05) is 23.3 Å². The van der Waals surface area contributed by atoms with Crippen LogP contribution >= 0.6 is 0 Å². The van der Waals surface area contributed by atoms with Crippen molar-refractivity contribution < 1.29 is 22.7 Å². The van der Waals surface area contributed by atoms with E-state index in [-0.39, 0.29) is 16.6 Å². The number of nitrogens with zero attached hydrogens (tertiary/aromatic N) is 1. The van der Waals surface area contributed by atoms with Gasteiger partial charge in [-0.2, -0.15) is 8.42 Å². The molecule has 1 amide bonds. The molecule has 0 bridgehead atoms. The number of hydrogen-bond donors (Lipinski definition) is 2. The summed E-state index contributed by atoms with van der Waals surface area (Å²) in [5.41, 5.74) is 1.79. The van der Waals surface area contributed by atoms with Gasteiger partial charge in [-0.25, -0.2) is 0 Å². The van der Waals surface area contributed by atoms with Gasteiger partial charge in [0.2, 0.25) is 0 Å². The maximum absolute atomic E-state index is 12.5. The summed E-state index contributed by atoms with van der Waals surface area (Å²) in [6.07, 6.45) is 0. The van der Waals surface area contributed by atoms with Crippen LogP contribution in [0.1, 0.15) is 15.9 Å². The summed E-state index contributed by atoms with van der Waals surface area (Å²) in [5, 5.41) is 5.82. The van der Waals surface area contributed by atoms with Gasteiger partial charge < -0.3 is 20.1 Å². The number of benzene rings is 3. The minimum absolute atomic E-state index is 0.134. The molecule has 1 heterocycles. The van der Waals surface area contributed by atoms with Crippen LogP contribution in [0, 0.1) is 0 Å². The zero-order valence-electron chi connectivity index (χ0n) is 16.7. The van der Waals surface area contributed by atoms with Gasteiger partial charge in [0.25, 0.3) is 15.9 Å². The van der Waals surface area contributed by atoms with Crippen LogP contribution < -0.4 is 20.1 Å². The number of carbonyl (C=O) groups is 1. The quantitative estimate of drug-likeness (QED) is 0.633. The number of nitrogens with one attached hydrogen (secondary N) is 2. The number of amidine groups is 1. The molecule has 1 aliphatic rings. The Morgan fingerprint density at radius 2 is 1.48 bits per heavy atom. The number of sulfonamides is 1. The van der Waals surface area contributed by atoms with E-state index >= 15 is 0 Å². The molecule has 0 spiro atoms. The molecule has 0 atom stereocenters. The molecule has 3 aromatic rings. The maximum Gasteiger partial charge on any atom is 0.285 e. The Hall–Kier alpha value is -3.85. The molecular formula is C22H19N3O5S. The van der Waals surface area contributed by atoms with Crippen molar-refractivity contribution in [1.82, 2.24) is 0 Å². The van der Waals surface area contributed by atoms with Crippen molar-refractivity contribution in [2.45, 2.75) is 4.90 Å². The predicted molar refractivity (Wildman–Crippen MR) is 118 cm³/mol. The van der Waals surface area contributed by atoms with Crippen molar-refractivity contribution >= 4 is 33.1 Å². The minimum atomic E-state index is -3.77. The Morgan fingerprint density at radius 1 is 0.871 bits per heavy atom. The van der Waals surface area contributed by atoms with E-state index in [4.69, 9.17) is 9.47 Å². The van der Waals surface area contributed by atoms with E-state index in [9.17, 15) is 13.2 Å². The van der Waals surface area contributed by atoms with Crippen molar-refractivity contribution in [3.8, 4) is 11.5 Å². The van der Waals surface area contributed by atoms with Crippen LogP contribution in [0.2, 0.25) is 0 Å². The lowest BCUT2D eigenvalue weighted by Gasteiger charge is -2.17. The number of ether oxygens (including phenoxy) is 2. The highest BCUT2D eigenvalue weighted by Gasteiger charge is 2.29. The lowest BCUT2D eigenvalue weighted by molar-refractivity contribution is 0.102. The minimum Gasteiger partial charge on any atom is -0.494 e. The summed E-state index contributed by atoms with van der Waals surface area (Å²) in [4.78, 5) is 12.7. The molecule has 0 saturated carbocycles. The number of anilines is 2. The summed E-state index contributed by atoms with van der Waals surface area (Å²) < 4.78 is 39.3. The van der Waals surface area contributed by atoms with E-state index < -0.39 is 10.0 Å². The SMILES string of the molecule is COc1cc(NC2=NS(=O)(=O)c3ccccc32)c(OC)cc1NC(=O)c1ccccc1. The van der Waals surface area contributed by atoms with Crippen LogP contribution in [0.4, 0.5) is 11.4 Å². The summed E-state index contributed by atoms with van der Waals surface area (Å²) in [6, 6.07) is 18.5. The van der Waals surface area contributed by atoms with Gasteiger partial charge >= 0.3 is 0 Å². The van der Waals surface area contributed by atoms with Gasteiger partial charge in [0.15, 0.2) is 5.84 Å². The lowest BCUT2D eigenvalue weighted by Crippen LogP contribution is -2.15. The third kappa shape index (κ3) is 3.95. The number of rotatable bonds is 5. The highest BCUT2D eigenvalue weighted by atomic mass is 32.2. The standard InChI is InChI=1S/C22H19N3O5S/c1-29-18-13-17(24-22(26)14-8-4-3-5-9-14)19(30-2)12-16(18)23-21-15-10-6-7-11-20(15)31(27,28)25-21/h3-13H,1-2H3,(H,23,25)(H,24,26). The van der Waals surface area contributed by atoms with Crippen molar-refractivity contribution in [2.24, 2.45) is 4.40 Å². The molecule has 0 aliphatic carbocycles. The molecule has 0 fully saturated rings. The van der Waals surface area contributed by atoms with Crippen molar-refractivity contribution in [3.63, 3.8) is 0 Å². The highest BCUT2D eigenvalue weighted by molar-refractivity contribution is 7.90. The van der Waals surface area contributed by atoms with E-state index in [0.717, 1.165) is 0 Å². The monoisotopic (exact) mass is 437 g/mol. The molecule has 0 unspecified atom stereocenters. The van der Waals surface area contributed by atoms with E-state index in [1.807, 2.05) is 6.07 Å². The Labute approximate surface area is 179 Å². The van der Waals surface area contributed by atoms with Crippen LogP contribution in [0.15, 0.2) is 76.0 Å². The first-order valence-corrected chi connectivity index (χ1v) is 10.7. The fraction of sp³-hybridized carbons (Fsp3) is 0.0909. The average molecular weight is 437 g/mol. The molecule has 0 radical (unpaired) electrons. The van der Waals surface area contributed by atoms with Gasteiger partial charge in [0.1, 0.15) is 16.4 Å². The van der Waals surface area contributed by atoms with Gasteiger partial charge in [-0.05, 0) is 24.3 Å². The van der Waals surface area contributed by atoms with Crippen molar-refractivity contribution in [2.75, 3.05) is 24.9 Å². The second-order valence-electron chi connectivity index (χ2n) is 6.61. The Kier molecular flexibility index (Phi) is 5.35. The van der Waals surface area contributed by atoms with Crippen LogP contribution in [0.3, 0.4) is 0 Å². The number of fused-ring (bicyclic) bond motifs is 1. The molecular weight excluding hydrogens is 418 g/mol. The Morgan fingerprint density at radius 3 is 2.19 bits per heavy atom. The zero-order chi connectivity index (χ0) is 22.0. The fourth-order valence-electron chi connectivity index (χ4n) is 3.20. The first-order valence-electron chi connectivity index (χ1n) is 9.27. The summed E-state index contributed by atoms with van der Waals surface area (Å²) >= 11 is 0. The predicted octanol–water partition coefficient (Wildman–Crippen LogP) is 3.52. The van der Waals surface area contributed by atoms with Crippen molar-refractivity contribution in [3.05, 3.63) is 77.9 Å². The van der Waals surface area contributed by atoms with Crippen LogP contribution in [-0.2, 0) is 10.0 Å². The number of methoxy groups -OCH3 is 2. The maximum atomic E-state index is 12.5. The molecule has 2 N–H and O–H groups in total. The summed E-state index contributed by atoms with van der Waals surface area (Å²) in [6.45, 7) is 0. The molecule has 0 saturated heterocycles. The summed E-state index contributed by atoms with van der Waals surface area (Å²) in [7, 11) is -0.830. The molecule has 8 nitrogen and oxygen atoms in total. The van der Waals surface area contributed by atoms with E-state index in [2.05, 4.69) is 15.0 Å². The molecule has 9 heteroatoms. The topological polar surface area (TPSA) is 106 Å². The molecule has 0 aromatic heterocycles. The highest BCUT2D eigenvalue weighted by Crippen LogP contribution is 2.38. The first kappa shape index (κ1) is 20.4. The number of hydrogen-bond acceptors (Lipinski definition) is 6. The molecule has 3 aromatic carbocycles. The van der Waals surface area contributed by atoms with Crippen LogP contribution in [0.5, 0.6) is 11.5 Å². The lowest BCUT2D eigenvalue weighted by atomic mass is 10.1. The van der Waals surface area contributed by atoms with E-state index in [0.29, 0.717) is 34.0 Å². The Bertz CT molecular complexity index is 1290. The van der Waals surface area contributed by atoms with E-state index in [1.54, 1.807) is 54.6 Å². The molecule has 31 heavy (non-hydrogen) atoms.